The van der Waals surface area contributed by atoms with Crippen molar-refractivity contribution in [1.29, 1.82) is 0 Å². The first-order valence-electron chi connectivity index (χ1n) is 10.4. The van der Waals surface area contributed by atoms with Crippen LogP contribution in [0.1, 0.15) is 18.1 Å². The summed E-state index contributed by atoms with van der Waals surface area (Å²) < 4.78 is 16.1. The number of aliphatic imine (C=N–C) groups is 1. The largest absolute Gasteiger partial charge is 0.493 e. The van der Waals surface area contributed by atoms with E-state index in [-0.39, 0.29) is 0 Å². The van der Waals surface area contributed by atoms with Gasteiger partial charge < -0.3 is 24.8 Å². The first-order chi connectivity index (χ1) is 14.7. The third-order valence-corrected chi connectivity index (χ3v) is 4.94. The SMILES string of the molecule is CCNC(=NCc1ccc(CN2CCOCC2)cc1)Nc1ccc(OC)c(OC)c1. The summed E-state index contributed by atoms with van der Waals surface area (Å²) in [6.07, 6.45) is 0. The van der Waals surface area contributed by atoms with Crippen LogP contribution in [0.2, 0.25) is 0 Å². The molecule has 0 bridgehead atoms. The highest BCUT2D eigenvalue weighted by Crippen LogP contribution is 2.29. The number of nitrogens with one attached hydrogen (secondary N) is 2. The van der Waals surface area contributed by atoms with E-state index < -0.39 is 0 Å². The van der Waals surface area contributed by atoms with Crippen molar-refractivity contribution >= 4 is 11.6 Å². The Kier molecular flexibility index (Phi) is 8.35. The van der Waals surface area contributed by atoms with Crippen LogP contribution in [0, 0.1) is 0 Å². The summed E-state index contributed by atoms with van der Waals surface area (Å²) in [6, 6.07) is 14.4. The molecule has 3 rings (SSSR count). The van der Waals surface area contributed by atoms with Gasteiger partial charge in [0.2, 0.25) is 0 Å². The molecule has 1 aliphatic rings. The van der Waals surface area contributed by atoms with E-state index >= 15 is 0 Å². The van der Waals surface area contributed by atoms with Gasteiger partial charge in [-0.1, -0.05) is 24.3 Å². The van der Waals surface area contributed by atoms with E-state index in [4.69, 9.17) is 19.2 Å². The van der Waals surface area contributed by atoms with Crippen LogP contribution >= 0.6 is 0 Å². The van der Waals surface area contributed by atoms with E-state index in [0.717, 1.165) is 51.0 Å². The van der Waals surface area contributed by atoms with Crippen LogP contribution in [0.15, 0.2) is 47.5 Å². The summed E-state index contributed by atoms with van der Waals surface area (Å²) in [4.78, 5) is 7.14. The zero-order chi connectivity index (χ0) is 21.2. The van der Waals surface area contributed by atoms with Gasteiger partial charge in [0.25, 0.3) is 0 Å². The zero-order valence-corrected chi connectivity index (χ0v) is 18.1. The topological polar surface area (TPSA) is 67.4 Å². The van der Waals surface area contributed by atoms with Crippen LogP contribution in [-0.4, -0.2) is 57.9 Å². The zero-order valence-electron chi connectivity index (χ0n) is 18.1. The van der Waals surface area contributed by atoms with Crippen LogP contribution in [0.5, 0.6) is 11.5 Å². The van der Waals surface area contributed by atoms with E-state index in [1.54, 1.807) is 14.2 Å². The molecule has 0 aliphatic carbocycles. The van der Waals surface area contributed by atoms with E-state index in [0.29, 0.717) is 18.0 Å². The molecular weight excluding hydrogens is 380 g/mol. The Hall–Kier alpha value is -2.77. The molecule has 0 atom stereocenters. The van der Waals surface area contributed by atoms with Crippen LogP contribution in [0.25, 0.3) is 0 Å². The van der Waals surface area contributed by atoms with E-state index in [1.807, 2.05) is 25.1 Å². The fourth-order valence-electron chi connectivity index (χ4n) is 3.30. The molecule has 1 heterocycles. The van der Waals surface area contributed by atoms with Crippen molar-refractivity contribution in [3.63, 3.8) is 0 Å². The summed E-state index contributed by atoms with van der Waals surface area (Å²) in [5.74, 6) is 2.10. The summed E-state index contributed by atoms with van der Waals surface area (Å²) in [6.45, 7) is 8.04. The summed E-state index contributed by atoms with van der Waals surface area (Å²) in [5, 5.41) is 6.61. The van der Waals surface area contributed by atoms with Gasteiger partial charge in [0.15, 0.2) is 17.5 Å². The van der Waals surface area contributed by atoms with Gasteiger partial charge in [-0.2, -0.15) is 0 Å². The van der Waals surface area contributed by atoms with Crippen molar-refractivity contribution in [2.75, 3.05) is 52.4 Å². The number of hydrogen-bond donors (Lipinski definition) is 2. The maximum Gasteiger partial charge on any atom is 0.196 e. The van der Waals surface area contributed by atoms with Crippen molar-refractivity contribution in [2.24, 2.45) is 4.99 Å². The number of nitrogens with zero attached hydrogens (tertiary/aromatic N) is 2. The molecule has 0 saturated carbocycles. The number of rotatable bonds is 8. The van der Waals surface area contributed by atoms with Gasteiger partial charge in [-0.15, -0.1) is 0 Å². The number of guanidine groups is 1. The third-order valence-electron chi connectivity index (χ3n) is 4.94. The molecular formula is C23H32N4O3. The van der Waals surface area contributed by atoms with E-state index in [1.165, 1.54) is 11.1 Å². The standard InChI is InChI=1S/C23H32N4O3/c1-4-24-23(26-20-9-10-21(28-2)22(15-20)29-3)25-16-18-5-7-19(8-6-18)17-27-11-13-30-14-12-27/h5-10,15H,4,11-14,16-17H2,1-3H3,(H2,24,25,26). The van der Waals surface area contributed by atoms with Crippen molar-refractivity contribution < 1.29 is 14.2 Å². The second-order valence-electron chi connectivity index (χ2n) is 7.09. The molecule has 2 aromatic rings. The smallest absolute Gasteiger partial charge is 0.196 e. The van der Waals surface area contributed by atoms with E-state index in [2.05, 4.69) is 39.8 Å². The highest BCUT2D eigenvalue weighted by Gasteiger charge is 2.10. The molecule has 0 spiro atoms. The normalized spacial score (nSPS) is 15.0. The Labute approximate surface area is 179 Å². The minimum absolute atomic E-state index is 0.598. The number of methoxy groups -OCH3 is 2. The van der Waals surface area contributed by atoms with Crippen LogP contribution in [0.4, 0.5) is 5.69 Å². The molecule has 0 amide bonds. The van der Waals surface area contributed by atoms with Gasteiger partial charge in [-0.05, 0) is 30.2 Å². The average molecular weight is 413 g/mol. The highest BCUT2D eigenvalue weighted by molar-refractivity contribution is 5.93. The Morgan fingerprint density at radius 2 is 1.70 bits per heavy atom. The number of ether oxygens (including phenoxy) is 3. The van der Waals surface area contributed by atoms with Gasteiger partial charge in [-0.25, -0.2) is 4.99 Å². The van der Waals surface area contributed by atoms with Gasteiger partial charge >= 0.3 is 0 Å². The summed E-state index contributed by atoms with van der Waals surface area (Å²) in [5.41, 5.74) is 3.37. The minimum Gasteiger partial charge on any atom is -0.493 e. The Bertz CT molecular complexity index is 818. The number of benzene rings is 2. The van der Waals surface area contributed by atoms with Crippen molar-refractivity contribution in [2.45, 2.75) is 20.0 Å². The Balaban J connectivity index is 1.61. The molecule has 1 saturated heterocycles. The van der Waals surface area contributed by atoms with Gasteiger partial charge in [-0.3, -0.25) is 4.90 Å². The molecule has 30 heavy (non-hydrogen) atoms. The van der Waals surface area contributed by atoms with Gasteiger partial charge in [0.05, 0.1) is 34.0 Å². The molecule has 0 unspecified atom stereocenters. The molecule has 2 N–H and O–H groups in total. The molecule has 162 valence electrons. The summed E-state index contributed by atoms with van der Waals surface area (Å²) in [7, 11) is 3.26. The first kappa shape index (κ1) is 21.9. The third kappa shape index (κ3) is 6.37. The average Bonchev–Trinajstić information content (AvgIpc) is 2.79. The number of morpholine rings is 1. The first-order valence-corrected chi connectivity index (χ1v) is 10.4. The second kappa shape index (κ2) is 11.4. The molecule has 7 heteroatoms. The maximum atomic E-state index is 5.42. The predicted octanol–water partition coefficient (Wildman–Crippen LogP) is 3.11. The molecule has 2 aromatic carbocycles. The van der Waals surface area contributed by atoms with Gasteiger partial charge in [0, 0.05) is 37.9 Å². The monoisotopic (exact) mass is 412 g/mol. The summed E-state index contributed by atoms with van der Waals surface area (Å²) >= 11 is 0. The van der Waals surface area contributed by atoms with Gasteiger partial charge in [0.1, 0.15) is 0 Å². The lowest BCUT2D eigenvalue weighted by Gasteiger charge is -2.26. The quantitative estimate of drug-likeness (QED) is 0.513. The fourth-order valence-corrected chi connectivity index (χ4v) is 3.30. The van der Waals surface area contributed by atoms with Crippen LogP contribution in [0.3, 0.4) is 0 Å². The number of anilines is 1. The lowest BCUT2D eigenvalue weighted by Crippen LogP contribution is -2.35. The Morgan fingerprint density at radius 1 is 1.00 bits per heavy atom. The molecule has 1 aliphatic heterocycles. The molecule has 0 radical (unpaired) electrons. The van der Waals surface area contributed by atoms with Crippen molar-refractivity contribution in [3.05, 3.63) is 53.6 Å². The number of hydrogen-bond acceptors (Lipinski definition) is 5. The van der Waals surface area contributed by atoms with Crippen LogP contribution in [-0.2, 0) is 17.8 Å². The second-order valence-corrected chi connectivity index (χ2v) is 7.09. The Morgan fingerprint density at radius 3 is 2.37 bits per heavy atom. The molecule has 1 fully saturated rings. The molecule has 0 aromatic heterocycles. The van der Waals surface area contributed by atoms with Crippen molar-refractivity contribution in [3.8, 4) is 11.5 Å². The maximum absolute atomic E-state index is 5.42. The van der Waals surface area contributed by atoms with Crippen LogP contribution < -0.4 is 20.1 Å². The lowest BCUT2D eigenvalue weighted by molar-refractivity contribution is 0.0342. The highest BCUT2D eigenvalue weighted by atomic mass is 16.5. The predicted molar refractivity (Wildman–Crippen MR) is 121 cm³/mol. The van der Waals surface area contributed by atoms with E-state index in [9.17, 15) is 0 Å². The van der Waals surface area contributed by atoms with Crippen molar-refractivity contribution in [1.82, 2.24) is 10.2 Å². The minimum atomic E-state index is 0.598. The molecule has 7 nitrogen and oxygen atoms in total. The fraction of sp³-hybridized carbons (Fsp3) is 0.435. The lowest BCUT2D eigenvalue weighted by atomic mass is 10.1.